The molecule has 0 unspecified atom stereocenters. The molecule has 0 aliphatic rings. The van der Waals surface area contributed by atoms with Crippen molar-refractivity contribution in [3.05, 3.63) is 35.9 Å². The minimum atomic E-state index is -0.902. The number of carbonyl (C=O) groups excluding carboxylic acids is 3. The lowest BCUT2D eigenvalue weighted by Crippen LogP contribution is -2.49. The molecule has 0 bridgehead atoms. The Bertz CT molecular complexity index is 516. The second-order valence-electron chi connectivity index (χ2n) is 5.10. The van der Waals surface area contributed by atoms with Crippen molar-refractivity contribution in [2.75, 3.05) is 6.61 Å². The summed E-state index contributed by atoms with van der Waals surface area (Å²) in [5.41, 5.74) is 6.16. The highest BCUT2D eigenvalue weighted by molar-refractivity contribution is 5.88. The number of rotatable bonds is 8. The highest BCUT2D eigenvalue weighted by Gasteiger charge is 2.27. The fourth-order valence-corrected chi connectivity index (χ4v) is 2.10. The molecule has 0 spiro atoms. The molecular formula is C16H22N2O4. The van der Waals surface area contributed by atoms with Crippen molar-refractivity contribution in [2.24, 2.45) is 11.7 Å². The fourth-order valence-electron chi connectivity index (χ4n) is 2.10. The molecule has 2 amide bonds. The standard InChI is InChI=1S/C16H22N2O4/c1-3-22-14(20)9-11(2)15(16(17)21)18-13(19)10-12-7-5-4-6-8-12/h4-8,11,15H,3,9-10H2,1-2H3,(H2,17,21)(H,18,19)/t11-,15-/m1/s1. The van der Waals surface area contributed by atoms with E-state index in [1.807, 2.05) is 30.3 Å². The molecule has 1 aromatic rings. The van der Waals surface area contributed by atoms with Crippen LogP contribution in [0.3, 0.4) is 0 Å². The van der Waals surface area contributed by atoms with Gasteiger partial charge in [0, 0.05) is 0 Å². The number of benzene rings is 1. The van der Waals surface area contributed by atoms with Crippen LogP contribution >= 0.6 is 0 Å². The van der Waals surface area contributed by atoms with Crippen molar-refractivity contribution in [1.29, 1.82) is 0 Å². The molecule has 0 saturated heterocycles. The van der Waals surface area contributed by atoms with E-state index >= 15 is 0 Å². The van der Waals surface area contributed by atoms with Gasteiger partial charge in [-0.15, -0.1) is 0 Å². The van der Waals surface area contributed by atoms with Crippen LogP contribution in [0, 0.1) is 5.92 Å². The molecule has 0 saturated carbocycles. The Balaban J connectivity index is 2.61. The first-order chi connectivity index (χ1) is 10.4. The van der Waals surface area contributed by atoms with Crippen molar-refractivity contribution >= 4 is 17.8 Å². The SMILES string of the molecule is CCOC(=O)C[C@@H](C)[C@@H](NC(=O)Cc1ccccc1)C(N)=O. The zero-order valence-electron chi connectivity index (χ0n) is 12.9. The second-order valence-corrected chi connectivity index (χ2v) is 5.10. The third-order valence-corrected chi connectivity index (χ3v) is 3.19. The largest absolute Gasteiger partial charge is 0.466 e. The maximum atomic E-state index is 12.0. The lowest BCUT2D eigenvalue weighted by molar-refractivity contribution is -0.144. The Morgan fingerprint density at radius 2 is 1.86 bits per heavy atom. The summed E-state index contributed by atoms with van der Waals surface area (Å²) in [7, 11) is 0. The van der Waals surface area contributed by atoms with Crippen LogP contribution in [0.5, 0.6) is 0 Å². The summed E-state index contributed by atoms with van der Waals surface area (Å²) < 4.78 is 4.84. The summed E-state index contributed by atoms with van der Waals surface area (Å²) in [6, 6.07) is 8.26. The van der Waals surface area contributed by atoms with Gasteiger partial charge >= 0.3 is 5.97 Å². The smallest absolute Gasteiger partial charge is 0.306 e. The maximum absolute atomic E-state index is 12.0. The monoisotopic (exact) mass is 306 g/mol. The van der Waals surface area contributed by atoms with Gasteiger partial charge in [0.2, 0.25) is 11.8 Å². The van der Waals surface area contributed by atoms with Crippen molar-refractivity contribution in [3.63, 3.8) is 0 Å². The number of hydrogen-bond donors (Lipinski definition) is 2. The summed E-state index contributed by atoms with van der Waals surface area (Å²) in [5, 5.41) is 2.59. The maximum Gasteiger partial charge on any atom is 0.306 e. The van der Waals surface area contributed by atoms with Crippen LogP contribution in [0.2, 0.25) is 0 Å². The zero-order valence-corrected chi connectivity index (χ0v) is 12.9. The number of carbonyl (C=O) groups is 3. The molecular weight excluding hydrogens is 284 g/mol. The van der Waals surface area contributed by atoms with Gasteiger partial charge in [-0.05, 0) is 18.4 Å². The molecule has 0 aromatic heterocycles. The van der Waals surface area contributed by atoms with Crippen LogP contribution in [0.4, 0.5) is 0 Å². The average Bonchev–Trinajstić information content (AvgIpc) is 2.45. The topological polar surface area (TPSA) is 98.5 Å². The number of ether oxygens (including phenoxy) is 1. The average molecular weight is 306 g/mol. The summed E-state index contributed by atoms with van der Waals surface area (Å²) in [6.45, 7) is 3.65. The molecule has 6 heteroatoms. The highest BCUT2D eigenvalue weighted by atomic mass is 16.5. The Hall–Kier alpha value is -2.37. The molecule has 0 aliphatic carbocycles. The van der Waals surface area contributed by atoms with Crippen LogP contribution in [0.15, 0.2) is 30.3 Å². The first-order valence-electron chi connectivity index (χ1n) is 7.22. The third kappa shape index (κ3) is 5.95. The summed E-state index contributed by atoms with van der Waals surface area (Å²) in [4.78, 5) is 35.0. The predicted octanol–water partition coefficient (Wildman–Crippen LogP) is 0.788. The van der Waals surface area contributed by atoms with E-state index in [0.29, 0.717) is 0 Å². The summed E-state index contributed by atoms with van der Waals surface area (Å²) in [6.07, 6.45) is 0.170. The van der Waals surface area contributed by atoms with E-state index in [4.69, 9.17) is 10.5 Å². The first-order valence-corrected chi connectivity index (χ1v) is 7.22. The molecule has 3 N–H and O–H groups in total. The van der Waals surface area contributed by atoms with Crippen LogP contribution in [0.25, 0.3) is 0 Å². The lowest BCUT2D eigenvalue weighted by Gasteiger charge is -2.21. The van der Waals surface area contributed by atoms with Crippen molar-refractivity contribution < 1.29 is 19.1 Å². The van der Waals surface area contributed by atoms with Gasteiger partial charge < -0.3 is 15.8 Å². The second kappa shape index (κ2) is 8.81. The van der Waals surface area contributed by atoms with Gasteiger partial charge in [-0.1, -0.05) is 37.3 Å². The van der Waals surface area contributed by atoms with E-state index in [1.165, 1.54) is 0 Å². The minimum absolute atomic E-state index is 0.0209. The Morgan fingerprint density at radius 1 is 1.23 bits per heavy atom. The number of esters is 1. The third-order valence-electron chi connectivity index (χ3n) is 3.19. The van der Waals surface area contributed by atoms with E-state index < -0.39 is 23.8 Å². The van der Waals surface area contributed by atoms with Gasteiger partial charge in [0.25, 0.3) is 0 Å². The van der Waals surface area contributed by atoms with E-state index in [2.05, 4.69) is 5.32 Å². The Morgan fingerprint density at radius 3 is 2.41 bits per heavy atom. The molecule has 0 radical (unpaired) electrons. The molecule has 22 heavy (non-hydrogen) atoms. The van der Waals surface area contributed by atoms with Gasteiger partial charge in [-0.25, -0.2) is 0 Å². The summed E-state index contributed by atoms with van der Waals surface area (Å²) >= 11 is 0. The molecule has 0 aliphatic heterocycles. The Kier molecular flexibility index (Phi) is 7.08. The number of primary amides is 1. The van der Waals surface area contributed by atoms with Crippen molar-refractivity contribution in [2.45, 2.75) is 32.7 Å². The van der Waals surface area contributed by atoms with Gasteiger partial charge in [0.15, 0.2) is 0 Å². The summed E-state index contributed by atoms with van der Waals surface area (Å²) in [5.74, 6) is -1.83. The van der Waals surface area contributed by atoms with E-state index in [-0.39, 0.29) is 25.4 Å². The van der Waals surface area contributed by atoms with Crippen LogP contribution in [-0.4, -0.2) is 30.4 Å². The number of nitrogens with two attached hydrogens (primary N) is 1. The van der Waals surface area contributed by atoms with Gasteiger partial charge in [-0.3, -0.25) is 14.4 Å². The van der Waals surface area contributed by atoms with Crippen LogP contribution in [-0.2, 0) is 25.5 Å². The molecule has 0 fully saturated rings. The van der Waals surface area contributed by atoms with Crippen LogP contribution < -0.4 is 11.1 Å². The van der Waals surface area contributed by atoms with Crippen molar-refractivity contribution in [3.8, 4) is 0 Å². The zero-order chi connectivity index (χ0) is 16.5. The van der Waals surface area contributed by atoms with Crippen LogP contribution in [0.1, 0.15) is 25.8 Å². The fraction of sp³-hybridized carbons (Fsp3) is 0.438. The molecule has 120 valence electrons. The molecule has 1 rings (SSSR count). The van der Waals surface area contributed by atoms with Gasteiger partial charge in [-0.2, -0.15) is 0 Å². The van der Waals surface area contributed by atoms with Gasteiger partial charge in [0.1, 0.15) is 6.04 Å². The number of hydrogen-bond acceptors (Lipinski definition) is 4. The number of amides is 2. The van der Waals surface area contributed by atoms with E-state index in [0.717, 1.165) is 5.56 Å². The lowest BCUT2D eigenvalue weighted by atomic mass is 9.97. The quantitative estimate of drug-likeness (QED) is 0.694. The Labute approximate surface area is 130 Å². The predicted molar refractivity (Wildman–Crippen MR) is 81.7 cm³/mol. The minimum Gasteiger partial charge on any atom is -0.466 e. The molecule has 6 nitrogen and oxygen atoms in total. The molecule has 0 heterocycles. The molecule has 2 atom stereocenters. The van der Waals surface area contributed by atoms with E-state index in [1.54, 1.807) is 13.8 Å². The number of nitrogens with one attached hydrogen (secondary N) is 1. The van der Waals surface area contributed by atoms with E-state index in [9.17, 15) is 14.4 Å². The highest BCUT2D eigenvalue weighted by Crippen LogP contribution is 2.10. The molecule has 1 aromatic carbocycles. The first kappa shape index (κ1) is 17.7. The van der Waals surface area contributed by atoms with Gasteiger partial charge in [0.05, 0.1) is 19.4 Å². The normalized spacial score (nSPS) is 13.0. The van der Waals surface area contributed by atoms with Crippen molar-refractivity contribution in [1.82, 2.24) is 5.32 Å².